The third-order valence-corrected chi connectivity index (χ3v) is 4.41. The Morgan fingerprint density at radius 3 is 2.25 bits per heavy atom. The third-order valence-electron chi connectivity index (χ3n) is 4.41. The number of benzene rings is 2. The molecule has 3 rings (SSSR count). The van der Waals surface area contributed by atoms with Crippen molar-refractivity contribution in [2.75, 3.05) is 28.4 Å². The molecule has 0 saturated carbocycles. The Labute approximate surface area is 162 Å². The predicted molar refractivity (Wildman–Crippen MR) is 105 cm³/mol. The highest BCUT2D eigenvalue weighted by Gasteiger charge is 2.15. The van der Waals surface area contributed by atoms with Crippen molar-refractivity contribution in [1.82, 2.24) is 15.1 Å². The number of ether oxygens (including phenoxy) is 4. The quantitative estimate of drug-likeness (QED) is 0.673. The predicted octanol–water partition coefficient (Wildman–Crippen LogP) is 2.54. The smallest absolute Gasteiger partial charge is 0.251 e. The van der Waals surface area contributed by atoms with Crippen molar-refractivity contribution in [1.29, 1.82) is 0 Å². The number of fused-ring (bicyclic) bond motifs is 1. The first-order valence-electron chi connectivity index (χ1n) is 8.60. The lowest BCUT2D eigenvalue weighted by Gasteiger charge is -2.14. The Bertz CT molecular complexity index is 987. The van der Waals surface area contributed by atoms with Crippen LogP contribution in [-0.4, -0.2) is 44.1 Å². The molecule has 148 valence electrons. The molecule has 2 aromatic carbocycles. The molecule has 0 atom stereocenters. The number of rotatable bonds is 7. The van der Waals surface area contributed by atoms with E-state index in [1.807, 2.05) is 6.07 Å². The Kier molecular flexibility index (Phi) is 5.58. The van der Waals surface area contributed by atoms with Gasteiger partial charge < -0.3 is 24.3 Å². The van der Waals surface area contributed by atoms with Crippen molar-refractivity contribution >= 4 is 16.8 Å². The molecule has 0 unspecified atom stereocenters. The first-order chi connectivity index (χ1) is 13.5. The molecule has 0 spiro atoms. The summed E-state index contributed by atoms with van der Waals surface area (Å²) in [6, 6.07) is 8.91. The molecule has 0 bridgehead atoms. The number of methoxy groups -OCH3 is 4. The van der Waals surface area contributed by atoms with Gasteiger partial charge in [-0.05, 0) is 35.9 Å². The molecule has 1 amide bonds. The van der Waals surface area contributed by atoms with Gasteiger partial charge >= 0.3 is 0 Å². The molecule has 1 N–H and O–H groups in total. The number of nitrogens with one attached hydrogen (secondary N) is 1. The van der Waals surface area contributed by atoms with E-state index in [2.05, 4.69) is 10.4 Å². The number of nitrogens with zero attached hydrogens (tertiary/aromatic N) is 2. The van der Waals surface area contributed by atoms with Crippen molar-refractivity contribution in [3.05, 3.63) is 41.5 Å². The Balaban J connectivity index is 1.79. The van der Waals surface area contributed by atoms with Gasteiger partial charge in [0.15, 0.2) is 11.5 Å². The second-order valence-electron chi connectivity index (χ2n) is 6.08. The minimum atomic E-state index is -0.208. The van der Waals surface area contributed by atoms with Gasteiger partial charge in [0.2, 0.25) is 11.6 Å². The van der Waals surface area contributed by atoms with Gasteiger partial charge in [0.25, 0.3) is 5.91 Å². The van der Waals surface area contributed by atoms with Crippen molar-refractivity contribution in [2.45, 2.75) is 6.54 Å². The highest BCUT2D eigenvalue weighted by Crippen LogP contribution is 2.38. The van der Waals surface area contributed by atoms with Crippen LogP contribution in [0.1, 0.15) is 15.9 Å². The van der Waals surface area contributed by atoms with E-state index in [0.717, 1.165) is 10.9 Å². The van der Waals surface area contributed by atoms with Gasteiger partial charge in [-0.25, -0.2) is 4.68 Å². The summed E-state index contributed by atoms with van der Waals surface area (Å²) in [7, 11) is 8.04. The number of aryl methyl sites for hydroxylation is 1. The molecule has 0 fully saturated rings. The van der Waals surface area contributed by atoms with Gasteiger partial charge in [0.1, 0.15) is 0 Å². The van der Waals surface area contributed by atoms with E-state index in [9.17, 15) is 4.79 Å². The summed E-state index contributed by atoms with van der Waals surface area (Å²) in [6.45, 7) is 0.305. The van der Waals surface area contributed by atoms with Gasteiger partial charge in [-0.3, -0.25) is 4.79 Å². The van der Waals surface area contributed by atoms with E-state index in [1.165, 1.54) is 0 Å². The standard InChI is InChI=1S/C20H23N3O5/c1-23-20(28-5)14-7-6-13(10-15(14)22-23)19(24)21-11-12-8-16(25-2)18(27-4)17(9-12)26-3/h6-10H,11H2,1-5H3,(H,21,24). The van der Waals surface area contributed by atoms with E-state index in [-0.39, 0.29) is 5.91 Å². The zero-order chi connectivity index (χ0) is 20.3. The molecule has 8 nitrogen and oxygen atoms in total. The Morgan fingerprint density at radius 2 is 1.68 bits per heavy atom. The zero-order valence-corrected chi connectivity index (χ0v) is 16.5. The van der Waals surface area contributed by atoms with Crippen LogP contribution in [0.15, 0.2) is 30.3 Å². The second-order valence-corrected chi connectivity index (χ2v) is 6.08. The summed E-state index contributed by atoms with van der Waals surface area (Å²) in [5.74, 6) is 2.02. The van der Waals surface area contributed by atoms with Gasteiger partial charge in [-0.15, -0.1) is 0 Å². The highest BCUT2D eigenvalue weighted by molar-refractivity contribution is 5.98. The normalized spacial score (nSPS) is 10.6. The average Bonchev–Trinajstić information content (AvgIpc) is 3.04. The minimum absolute atomic E-state index is 0.208. The number of hydrogen-bond acceptors (Lipinski definition) is 6. The number of aromatic nitrogens is 2. The molecule has 3 aromatic rings. The van der Waals surface area contributed by atoms with Crippen LogP contribution in [0, 0.1) is 0 Å². The maximum Gasteiger partial charge on any atom is 0.251 e. The van der Waals surface area contributed by atoms with Crippen LogP contribution in [0.4, 0.5) is 0 Å². The number of carbonyl (C=O) groups is 1. The second kappa shape index (κ2) is 8.08. The van der Waals surface area contributed by atoms with Crippen molar-refractivity contribution in [3.8, 4) is 23.1 Å². The molecule has 0 radical (unpaired) electrons. The summed E-state index contributed by atoms with van der Waals surface area (Å²) in [5, 5.41) is 8.13. The fourth-order valence-electron chi connectivity index (χ4n) is 3.08. The van der Waals surface area contributed by atoms with Crippen LogP contribution in [0.25, 0.3) is 10.9 Å². The number of amides is 1. The molecular formula is C20H23N3O5. The molecule has 0 aliphatic heterocycles. The fourth-order valence-corrected chi connectivity index (χ4v) is 3.08. The molecule has 1 aromatic heterocycles. The van der Waals surface area contributed by atoms with Gasteiger partial charge in [-0.2, -0.15) is 5.10 Å². The monoisotopic (exact) mass is 385 g/mol. The van der Waals surface area contributed by atoms with Gasteiger partial charge in [0, 0.05) is 19.2 Å². The molecular weight excluding hydrogens is 362 g/mol. The first kappa shape index (κ1) is 19.3. The summed E-state index contributed by atoms with van der Waals surface area (Å²) in [5.41, 5.74) is 2.03. The Morgan fingerprint density at radius 1 is 1.00 bits per heavy atom. The van der Waals surface area contributed by atoms with E-state index < -0.39 is 0 Å². The SMILES string of the molecule is COc1cc(CNC(=O)c2ccc3c(OC)n(C)nc3c2)cc(OC)c1OC. The number of carbonyl (C=O) groups excluding carboxylic acids is 1. The van der Waals surface area contributed by atoms with Crippen molar-refractivity contribution in [2.24, 2.45) is 7.05 Å². The van der Waals surface area contributed by atoms with E-state index in [0.29, 0.717) is 40.8 Å². The van der Waals surface area contributed by atoms with Crippen LogP contribution in [-0.2, 0) is 13.6 Å². The topological polar surface area (TPSA) is 83.8 Å². The molecule has 0 saturated heterocycles. The van der Waals surface area contributed by atoms with Crippen LogP contribution in [0.2, 0.25) is 0 Å². The summed E-state index contributed by atoms with van der Waals surface area (Å²) in [4.78, 5) is 12.6. The van der Waals surface area contributed by atoms with Gasteiger partial charge in [0.05, 0.1) is 39.3 Å². The lowest BCUT2D eigenvalue weighted by molar-refractivity contribution is 0.0951. The summed E-state index contributed by atoms with van der Waals surface area (Å²) >= 11 is 0. The molecule has 28 heavy (non-hydrogen) atoms. The summed E-state index contributed by atoms with van der Waals surface area (Å²) in [6.07, 6.45) is 0. The van der Waals surface area contributed by atoms with E-state index in [4.69, 9.17) is 18.9 Å². The van der Waals surface area contributed by atoms with E-state index in [1.54, 1.807) is 64.4 Å². The van der Waals surface area contributed by atoms with Crippen LogP contribution in [0.3, 0.4) is 0 Å². The van der Waals surface area contributed by atoms with Crippen LogP contribution in [0.5, 0.6) is 23.1 Å². The Hall–Kier alpha value is -3.42. The molecule has 0 aliphatic rings. The maximum atomic E-state index is 12.6. The fraction of sp³-hybridized carbons (Fsp3) is 0.300. The molecule has 8 heteroatoms. The van der Waals surface area contributed by atoms with Crippen LogP contribution >= 0.6 is 0 Å². The summed E-state index contributed by atoms with van der Waals surface area (Å²) < 4.78 is 23.0. The number of hydrogen-bond donors (Lipinski definition) is 1. The average molecular weight is 385 g/mol. The lowest BCUT2D eigenvalue weighted by Crippen LogP contribution is -2.22. The molecule has 1 heterocycles. The highest BCUT2D eigenvalue weighted by atomic mass is 16.5. The maximum absolute atomic E-state index is 12.6. The van der Waals surface area contributed by atoms with E-state index >= 15 is 0 Å². The largest absolute Gasteiger partial charge is 0.493 e. The minimum Gasteiger partial charge on any atom is -0.493 e. The van der Waals surface area contributed by atoms with Crippen LogP contribution < -0.4 is 24.3 Å². The van der Waals surface area contributed by atoms with Crippen molar-refractivity contribution in [3.63, 3.8) is 0 Å². The first-order valence-corrected chi connectivity index (χ1v) is 8.60. The third kappa shape index (κ3) is 3.53. The lowest BCUT2D eigenvalue weighted by atomic mass is 10.1. The zero-order valence-electron chi connectivity index (χ0n) is 16.5. The van der Waals surface area contributed by atoms with Crippen molar-refractivity contribution < 1.29 is 23.7 Å². The molecule has 0 aliphatic carbocycles. The van der Waals surface area contributed by atoms with Gasteiger partial charge in [-0.1, -0.05) is 0 Å².